The van der Waals surface area contributed by atoms with E-state index in [1.165, 1.54) is 0 Å². The molecule has 2 amide bonds. The highest BCUT2D eigenvalue weighted by Crippen LogP contribution is 2.34. The SMILES string of the molecule is CC(Nc1cc(N2CCC(C(=O)N3CCC(NCC(N)=O)C3)CC2)ccc1Cl)c1ccc(Cl)cc1Cl. The Morgan fingerprint density at radius 1 is 1.03 bits per heavy atom. The Morgan fingerprint density at radius 2 is 1.78 bits per heavy atom. The standard InChI is InChI=1S/C26H32Cl3N5O2/c1-16(21-4-2-18(27)12-23(21)29)32-24-13-20(3-5-22(24)28)33-9-6-17(7-10-33)26(36)34-11-8-19(15-34)31-14-25(30)35/h2-5,12-13,16-17,19,31-32H,6-11,14-15H2,1H3,(H2,30,35). The Balaban J connectivity index is 1.33. The largest absolute Gasteiger partial charge is 0.377 e. The van der Waals surface area contributed by atoms with Crippen molar-refractivity contribution in [3.8, 4) is 0 Å². The fourth-order valence-electron chi connectivity index (χ4n) is 5.00. The number of piperidine rings is 1. The number of primary amides is 1. The third-order valence-corrected chi connectivity index (χ3v) is 7.92. The summed E-state index contributed by atoms with van der Waals surface area (Å²) in [5.41, 5.74) is 8.05. The van der Waals surface area contributed by atoms with Crippen LogP contribution >= 0.6 is 34.8 Å². The van der Waals surface area contributed by atoms with E-state index in [1.54, 1.807) is 6.07 Å². The zero-order valence-corrected chi connectivity index (χ0v) is 22.5. The molecule has 2 aromatic rings. The van der Waals surface area contributed by atoms with E-state index in [0.29, 0.717) is 21.6 Å². The second kappa shape index (κ2) is 11.9. The number of amides is 2. The van der Waals surface area contributed by atoms with Crippen molar-refractivity contribution in [2.45, 2.75) is 38.3 Å². The van der Waals surface area contributed by atoms with Gasteiger partial charge in [-0.3, -0.25) is 9.59 Å². The molecule has 2 aliphatic heterocycles. The van der Waals surface area contributed by atoms with Crippen LogP contribution in [0.2, 0.25) is 15.1 Å². The normalized spacial score (nSPS) is 19.4. The molecule has 2 aromatic carbocycles. The molecule has 4 rings (SSSR count). The van der Waals surface area contributed by atoms with Crippen molar-refractivity contribution in [2.75, 3.05) is 42.9 Å². The molecule has 2 heterocycles. The monoisotopic (exact) mass is 551 g/mol. The predicted octanol–water partition coefficient (Wildman–Crippen LogP) is 4.71. The maximum Gasteiger partial charge on any atom is 0.231 e. The number of nitrogens with zero attached hydrogens (tertiary/aromatic N) is 2. The van der Waals surface area contributed by atoms with Gasteiger partial charge >= 0.3 is 0 Å². The van der Waals surface area contributed by atoms with Gasteiger partial charge < -0.3 is 26.2 Å². The molecular weight excluding hydrogens is 521 g/mol. The van der Waals surface area contributed by atoms with Gasteiger partial charge in [-0.25, -0.2) is 0 Å². The highest BCUT2D eigenvalue weighted by atomic mass is 35.5. The number of likely N-dealkylation sites (tertiary alicyclic amines) is 1. The van der Waals surface area contributed by atoms with Crippen LogP contribution in [0.3, 0.4) is 0 Å². The molecule has 2 atom stereocenters. The molecule has 10 heteroatoms. The molecule has 0 radical (unpaired) electrons. The molecule has 194 valence electrons. The molecule has 7 nitrogen and oxygen atoms in total. The van der Waals surface area contributed by atoms with Crippen molar-refractivity contribution < 1.29 is 9.59 Å². The molecule has 2 aliphatic rings. The first-order valence-corrected chi connectivity index (χ1v) is 13.4. The molecule has 0 aliphatic carbocycles. The van der Waals surface area contributed by atoms with Crippen molar-refractivity contribution in [1.82, 2.24) is 10.2 Å². The Kier molecular flexibility index (Phi) is 8.88. The van der Waals surface area contributed by atoms with Gasteiger partial charge in [0.05, 0.1) is 23.3 Å². The van der Waals surface area contributed by atoms with E-state index >= 15 is 0 Å². The molecule has 36 heavy (non-hydrogen) atoms. The van der Waals surface area contributed by atoms with Crippen LogP contribution in [-0.4, -0.2) is 55.5 Å². The third kappa shape index (κ3) is 6.57. The minimum Gasteiger partial charge on any atom is -0.377 e. The fraction of sp³-hybridized carbons (Fsp3) is 0.462. The van der Waals surface area contributed by atoms with E-state index in [2.05, 4.69) is 21.6 Å². The molecule has 2 unspecified atom stereocenters. The zero-order chi connectivity index (χ0) is 25.8. The summed E-state index contributed by atoms with van der Waals surface area (Å²) in [5.74, 6) is -0.144. The summed E-state index contributed by atoms with van der Waals surface area (Å²) in [7, 11) is 0. The number of carbonyl (C=O) groups excluding carboxylic acids is 2. The lowest BCUT2D eigenvalue weighted by Gasteiger charge is -2.35. The second-order valence-corrected chi connectivity index (χ2v) is 10.8. The van der Waals surface area contributed by atoms with Crippen LogP contribution < -0.4 is 21.3 Å². The number of hydrogen-bond donors (Lipinski definition) is 3. The smallest absolute Gasteiger partial charge is 0.231 e. The van der Waals surface area contributed by atoms with Crippen molar-refractivity contribution in [1.29, 1.82) is 0 Å². The Hall–Kier alpha value is -2.19. The summed E-state index contributed by atoms with van der Waals surface area (Å²) >= 11 is 18.9. The average molecular weight is 553 g/mol. The van der Waals surface area contributed by atoms with Crippen LogP contribution in [0.4, 0.5) is 11.4 Å². The van der Waals surface area contributed by atoms with Crippen LogP contribution in [0.15, 0.2) is 36.4 Å². The molecule has 4 N–H and O–H groups in total. The number of nitrogens with one attached hydrogen (secondary N) is 2. The average Bonchev–Trinajstić information content (AvgIpc) is 3.33. The summed E-state index contributed by atoms with van der Waals surface area (Å²) in [4.78, 5) is 28.3. The lowest BCUT2D eigenvalue weighted by molar-refractivity contribution is -0.135. The van der Waals surface area contributed by atoms with Gasteiger partial charge in [0.2, 0.25) is 11.8 Å². The first kappa shape index (κ1) is 26.9. The van der Waals surface area contributed by atoms with E-state index < -0.39 is 0 Å². The topological polar surface area (TPSA) is 90.7 Å². The Labute approximate surface area is 227 Å². The van der Waals surface area contributed by atoms with Crippen molar-refractivity contribution in [3.05, 3.63) is 57.0 Å². The number of hydrogen-bond acceptors (Lipinski definition) is 5. The number of nitrogens with two attached hydrogens (primary N) is 1. The van der Waals surface area contributed by atoms with Gasteiger partial charge in [0.1, 0.15) is 0 Å². The van der Waals surface area contributed by atoms with Crippen LogP contribution in [0.25, 0.3) is 0 Å². The third-order valence-electron chi connectivity index (χ3n) is 7.03. The number of carbonyl (C=O) groups is 2. The van der Waals surface area contributed by atoms with Gasteiger partial charge in [0.25, 0.3) is 0 Å². The highest BCUT2D eigenvalue weighted by Gasteiger charge is 2.33. The Bertz CT molecular complexity index is 1110. The van der Waals surface area contributed by atoms with E-state index in [4.69, 9.17) is 40.5 Å². The molecule has 2 fully saturated rings. The molecule has 0 bridgehead atoms. The van der Waals surface area contributed by atoms with Crippen LogP contribution in [0.1, 0.15) is 37.8 Å². The predicted molar refractivity (Wildman–Crippen MR) is 147 cm³/mol. The number of halogens is 3. The maximum atomic E-state index is 13.1. The summed E-state index contributed by atoms with van der Waals surface area (Å²) in [6, 6.07) is 11.5. The minimum absolute atomic E-state index is 0.0214. The van der Waals surface area contributed by atoms with E-state index in [1.807, 2.05) is 36.1 Å². The maximum absolute atomic E-state index is 13.1. The van der Waals surface area contributed by atoms with Gasteiger partial charge in [-0.2, -0.15) is 0 Å². The van der Waals surface area contributed by atoms with E-state index in [-0.39, 0.29) is 36.4 Å². The Morgan fingerprint density at radius 3 is 2.47 bits per heavy atom. The first-order chi connectivity index (χ1) is 17.2. The highest BCUT2D eigenvalue weighted by molar-refractivity contribution is 6.35. The van der Waals surface area contributed by atoms with Crippen molar-refractivity contribution in [3.63, 3.8) is 0 Å². The van der Waals surface area contributed by atoms with Gasteiger partial charge in [-0.05, 0) is 62.1 Å². The molecule has 0 aromatic heterocycles. The molecule has 0 spiro atoms. The van der Waals surface area contributed by atoms with Gasteiger partial charge in [0, 0.05) is 53.9 Å². The molecule has 0 saturated carbocycles. The lowest BCUT2D eigenvalue weighted by atomic mass is 9.95. The summed E-state index contributed by atoms with van der Waals surface area (Å²) in [5, 5.41) is 8.44. The van der Waals surface area contributed by atoms with Gasteiger partial charge in [0.15, 0.2) is 0 Å². The minimum atomic E-state index is -0.379. The summed E-state index contributed by atoms with van der Waals surface area (Å²) in [6.45, 7) is 5.13. The van der Waals surface area contributed by atoms with Crippen LogP contribution in [-0.2, 0) is 9.59 Å². The second-order valence-electron chi connectivity index (χ2n) is 9.57. The lowest BCUT2D eigenvalue weighted by Crippen LogP contribution is -2.43. The summed E-state index contributed by atoms with van der Waals surface area (Å²) in [6.07, 6.45) is 2.45. The summed E-state index contributed by atoms with van der Waals surface area (Å²) < 4.78 is 0. The molecular formula is C26H32Cl3N5O2. The van der Waals surface area contributed by atoms with Crippen LogP contribution in [0.5, 0.6) is 0 Å². The number of rotatable bonds is 8. The van der Waals surface area contributed by atoms with Crippen molar-refractivity contribution in [2.24, 2.45) is 11.7 Å². The first-order valence-electron chi connectivity index (χ1n) is 12.3. The van der Waals surface area contributed by atoms with Gasteiger partial charge in [-0.1, -0.05) is 40.9 Å². The molecule has 2 saturated heterocycles. The fourth-order valence-corrected chi connectivity index (χ4v) is 5.74. The van der Waals surface area contributed by atoms with Gasteiger partial charge in [-0.15, -0.1) is 0 Å². The van der Waals surface area contributed by atoms with Crippen LogP contribution in [0, 0.1) is 5.92 Å². The number of benzene rings is 2. The number of anilines is 2. The van der Waals surface area contributed by atoms with Crippen molar-refractivity contribution >= 4 is 58.0 Å². The van der Waals surface area contributed by atoms with E-state index in [9.17, 15) is 9.59 Å². The zero-order valence-electron chi connectivity index (χ0n) is 20.3. The quantitative estimate of drug-likeness (QED) is 0.441. The van der Waals surface area contributed by atoms with E-state index in [0.717, 1.165) is 55.8 Å².